The minimum atomic E-state index is -0.874. The van der Waals surface area contributed by atoms with Gasteiger partial charge in [0.15, 0.2) is 5.57 Å². The van der Waals surface area contributed by atoms with Gasteiger partial charge in [0.25, 0.3) is 0 Å². The van der Waals surface area contributed by atoms with E-state index in [9.17, 15) is 9.90 Å². The van der Waals surface area contributed by atoms with Crippen LogP contribution in [0.25, 0.3) is 5.76 Å². The van der Waals surface area contributed by atoms with Crippen LogP contribution >= 0.6 is 0 Å². The van der Waals surface area contributed by atoms with E-state index >= 15 is 0 Å². The predicted molar refractivity (Wildman–Crippen MR) is 60.2 cm³/mol. The Balaban J connectivity index is 3.17. The third kappa shape index (κ3) is 2.75. The van der Waals surface area contributed by atoms with Crippen molar-refractivity contribution in [1.82, 2.24) is 0 Å². The number of hydrogen-bond donors (Lipinski definition) is 1. The maximum Gasteiger partial charge on any atom is 0.352 e. The Hall–Kier alpha value is -2.48. The van der Waals surface area contributed by atoms with Crippen LogP contribution in [-0.4, -0.2) is 25.3 Å². The number of aliphatic hydroxyl groups is 1. The summed E-state index contributed by atoms with van der Waals surface area (Å²) in [5.41, 5.74) is -0.0922. The zero-order valence-corrected chi connectivity index (χ0v) is 9.43. The number of benzene rings is 1. The summed E-state index contributed by atoms with van der Waals surface area (Å²) in [6, 6.07) is 7.89. The molecule has 1 rings (SSSR count). The number of nitrogens with zero attached hydrogens (tertiary/aromatic N) is 1. The van der Waals surface area contributed by atoms with Crippen molar-refractivity contribution in [3.8, 4) is 11.8 Å². The molecule has 0 heterocycles. The van der Waals surface area contributed by atoms with Crippen LogP contribution in [-0.2, 0) is 9.53 Å². The molecular formula is C12H11NO4. The van der Waals surface area contributed by atoms with Gasteiger partial charge in [0.05, 0.1) is 14.2 Å². The van der Waals surface area contributed by atoms with Crippen LogP contribution in [0.1, 0.15) is 5.56 Å². The Labute approximate surface area is 98.5 Å². The number of rotatable bonds is 3. The van der Waals surface area contributed by atoms with Gasteiger partial charge in [-0.05, 0) is 24.3 Å². The first-order valence-electron chi connectivity index (χ1n) is 4.70. The van der Waals surface area contributed by atoms with Crippen molar-refractivity contribution in [2.75, 3.05) is 14.2 Å². The molecule has 1 aromatic rings. The molecule has 1 N–H and O–H groups in total. The summed E-state index contributed by atoms with van der Waals surface area (Å²) < 4.78 is 9.34. The standard InChI is InChI=1S/C12H11NO4/c1-16-9-5-3-8(4-6-9)11(14)10(7-13)12(15)17-2/h3-6,14H,1-2H3/b11-10+. The van der Waals surface area contributed by atoms with E-state index in [-0.39, 0.29) is 0 Å². The predicted octanol–water partition coefficient (Wildman–Crippen LogP) is 1.66. The second kappa shape index (κ2) is 5.56. The Morgan fingerprint density at radius 2 is 1.88 bits per heavy atom. The zero-order chi connectivity index (χ0) is 12.8. The average Bonchev–Trinajstić information content (AvgIpc) is 2.39. The van der Waals surface area contributed by atoms with Gasteiger partial charge in [0.1, 0.15) is 17.6 Å². The van der Waals surface area contributed by atoms with Crippen molar-refractivity contribution in [3.05, 3.63) is 35.4 Å². The van der Waals surface area contributed by atoms with Crippen molar-refractivity contribution < 1.29 is 19.4 Å². The van der Waals surface area contributed by atoms with E-state index in [0.29, 0.717) is 11.3 Å². The lowest BCUT2D eigenvalue weighted by atomic mass is 10.1. The molecule has 0 bridgehead atoms. The number of methoxy groups -OCH3 is 2. The molecule has 0 radical (unpaired) electrons. The summed E-state index contributed by atoms with van der Waals surface area (Å²) in [5.74, 6) is -0.680. The topological polar surface area (TPSA) is 79.6 Å². The van der Waals surface area contributed by atoms with Gasteiger partial charge in [0.2, 0.25) is 0 Å². The van der Waals surface area contributed by atoms with Crippen LogP contribution < -0.4 is 4.74 Å². The lowest BCUT2D eigenvalue weighted by Crippen LogP contribution is -2.06. The van der Waals surface area contributed by atoms with Gasteiger partial charge in [-0.3, -0.25) is 0 Å². The highest BCUT2D eigenvalue weighted by Crippen LogP contribution is 2.19. The smallest absolute Gasteiger partial charge is 0.352 e. The van der Waals surface area contributed by atoms with E-state index in [2.05, 4.69) is 4.74 Å². The third-order valence-corrected chi connectivity index (χ3v) is 2.10. The minimum absolute atomic E-state index is 0.341. The number of hydrogen-bond acceptors (Lipinski definition) is 5. The van der Waals surface area contributed by atoms with Crippen molar-refractivity contribution in [2.45, 2.75) is 0 Å². The van der Waals surface area contributed by atoms with Crippen molar-refractivity contribution in [2.24, 2.45) is 0 Å². The normalized spacial score (nSPS) is 11.1. The summed E-state index contributed by atoms with van der Waals surface area (Å²) >= 11 is 0. The first kappa shape index (κ1) is 12.6. The molecule has 0 amide bonds. The molecule has 0 saturated carbocycles. The van der Waals surface area contributed by atoms with Gasteiger partial charge in [-0.25, -0.2) is 4.79 Å². The van der Waals surface area contributed by atoms with Crippen LogP contribution in [0.4, 0.5) is 0 Å². The van der Waals surface area contributed by atoms with E-state index in [0.717, 1.165) is 7.11 Å². The lowest BCUT2D eigenvalue weighted by Gasteiger charge is -2.04. The highest BCUT2D eigenvalue weighted by molar-refractivity contribution is 5.99. The van der Waals surface area contributed by atoms with Crippen LogP contribution in [0.3, 0.4) is 0 Å². The molecule has 5 nitrogen and oxygen atoms in total. The second-order valence-electron chi connectivity index (χ2n) is 3.06. The number of carbonyl (C=O) groups is 1. The number of aliphatic hydroxyl groups excluding tert-OH is 1. The van der Waals surface area contributed by atoms with E-state index in [1.807, 2.05) is 0 Å². The Morgan fingerprint density at radius 1 is 1.29 bits per heavy atom. The van der Waals surface area contributed by atoms with Gasteiger partial charge >= 0.3 is 5.97 Å². The molecule has 17 heavy (non-hydrogen) atoms. The molecule has 0 unspecified atom stereocenters. The monoisotopic (exact) mass is 233 g/mol. The molecule has 0 fully saturated rings. The third-order valence-electron chi connectivity index (χ3n) is 2.10. The van der Waals surface area contributed by atoms with Gasteiger partial charge in [0, 0.05) is 5.56 Å². The van der Waals surface area contributed by atoms with E-state index in [1.54, 1.807) is 18.2 Å². The zero-order valence-electron chi connectivity index (χ0n) is 9.43. The number of carbonyl (C=O) groups excluding carboxylic acids is 1. The maximum absolute atomic E-state index is 11.2. The summed E-state index contributed by atoms with van der Waals surface area (Å²) in [6.45, 7) is 0. The first-order valence-corrected chi connectivity index (χ1v) is 4.70. The van der Waals surface area contributed by atoms with Gasteiger partial charge < -0.3 is 14.6 Å². The quantitative estimate of drug-likeness (QED) is 0.371. The Bertz CT molecular complexity index is 482. The number of nitriles is 1. The van der Waals surface area contributed by atoms with Crippen molar-refractivity contribution in [3.63, 3.8) is 0 Å². The van der Waals surface area contributed by atoms with E-state index in [1.165, 1.54) is 19.2 Å². The summed E-state index contributed by atoms with van der Waals surface area (Å²) in [6.07, 6.45) is 0. The number of ether oxygens (including phenoxy) is 2. The fraction of sp³-hybridized carbons (Fsp3) is 0.167. The van der Waals surface area contributed by atoms with Gasteiger partial charge in [-0.1, -0.05) is 0 Å². The fourth-order valence-electron chi connectivity index (χ4n) is 1.19. The lowest BCUT2D eigenvalue weighted by molar-refractivity contribution is -0.135. The molecule has 0 saturated heterocycles. The second-order valence-corrected chi connectivity index (χ2v) is 3.06. The highest BCUT2D eigenvalue weighted by atomic mass is 16.5. The first-order chi connectivity index (χ1) is 8.13. The minimum Gasteiger partial charge on any atom is -0.506 e. The van der Waals surface area contributed by atoms with Crippen LogP contribution in [0.2, 0.25) is 0 Å². The molecule has 0 aliphatic rings. The molecule has 0 spiro atoms. The summed E-state index contributed by atoms with van der Waals surface area (Å²) in [5, 5.41) is 18.5. The van der Waals surface area contributed by atoms with Gasteiger partial charge in [-0.2, -0.15) is 5.26 Å². The summed E-state index contributed by atoms with van der Waals surface area (Å²) in [7, 11) is 2.65. The van der Waals surface area contributed by atoms with E-state index < -0.39 is 17.3 Å². The number of esters is 1. The molecule has 88 valence electrons. The van der Waals surface area contributed by atoms with Crippen molar-refractivity contribution >= 4 is 11.7 Å². The van der Waals surface area contributed by atoms with Crippen molar-refractivity contribution in [1.29, 1.82) is 5.26 Å². The molecule has 5 heteroatoms. The fourth-order valence-corrected chi connectivity index (χ4v) is 1.19. The molecule has 1 aromatic carbocycles. The molecule has 0 atom stereocenters. The molecule has 0 aromatic heterocycles. The molecular weight excluding hydrogens is 222 g/mol. The summed E-state index contributed by atoms with van der Waals surface area (Å²) in [4.78, 5) is 11.2. The van der Waals surface area contributed by atoms with E-state index in [4.69, 9.17) is 10.00 Å². The average molecular weight is 233 g/mol. The SMILES string of the molecule is COC(=O)/C(C#N)=C(/O)c1ccc(OC)cc1. The van der Waals surface area contributed by atoms with Crippen LogP contribution in [0, 0.1) is 11.3 Å². The Morgan fingerprint density at radius 3 is 2.29 bits per heavy atom. The van der Waals surface area contributed by atoms with Crippen LogP contribution in [0.15, 0.2) is 29.8 Å². The Kier molecular flexibility index (Phi) is 4.12. The maximum atomic E-state index is 11.2. The molecule has 0 aliphatic carbocycles. The van der Waals surface area contributed by atoms with Crippen LogP contribution in [0.5, 0.6) is 5.75 Å². The highest BCUT2D eigenvalue weighted by Gasteiger charge is 2.16. The largest absolute Gasteiger partial charge is 0.506 e. The molecule has 0 aliphatic heterocycles. The van der Waals surface area contributed by atoms with Gasteiger partial charge in [-0.15, -0.1) is 0 Å².